The molecular weight excluding hydrogens is 387 g/mol. The zero-order valence-corrected chi connectivity index (χ0v) is 17.0. The lowest BCUT2D eigenvalue weighted by atomic mass is 10.0. The van der Waals surface area contributed by atoms with Crippen LogP contribution in [0, 0.1) is 0 Å². The molecule has 1 aromatic carbocycles. The maximum Gasteiger partial charge on any atom is 0.231 e. The van der Waals surface area contributed by atoms with Gasteiger partial charge in [0.1, 0.15) is 11.5 Å². The van der Waals surface area contributed by atoms with Gasteiger partial charge in [0.15, 0.2) is 5.76 Å². The number of ketones is 1. The standard InChI is InChI=1S/C20H22N2O3.2ClH/c1-3-4-10-22(2)13-16-17(23)8-7-15-19(24)18(25-20(15)16)11-14-6-5-9-21-12-14;;/h5-9,11-12,23H,3-4,10,13H2,1-2H3;2*1H/b18-11-;;. The number of ether oxygens (including phenoxy) is 1. The molecule has 1 aliphatic rings. The molecule has 0 fully saturated rings. The number of unbranched alkanes of at least 4 members (excludes halogenated alkanes) is 1. The number of fused-ring (bicyclic) bond motifs is 1. The molecule has 7 heteroatoms. The minimum absolute atomic E-state index is 0. The zero-order chi connectivity index (χ0) is 17.8. The fourth-order valence-corrected chi connectivity index (χ4v) is 2.84. The molecule has 0 bridgehead atoms. The Bertz CT molecular complexity index is 810. The highest BCUT2D eigenvalue weighted by Gasteiger charge is 2.31. The van der Waals surface area contributed by atoms with Gasteiger partial charge in [-0.15, -0.1) is 24.8 Å². The van der Waals surface area contributed by atoms with Gasteiger partial charge in [-0.25, -0.2) is 0 Å². The average molecular weight is 411 g/mol. The van der Waals surface area contributed by atoms with Crippen LogP contribution < -0.4 is 4.74 Å². The highest BCUT2D eigenvalue weighted by atomic mass is 35.5. The number of halogens is 2. The van der Waals surface area contributed by atoms with Crippen LogP contribution in [-0.2, 0) is 6.54 Å². The van der Waals surface area contributed by atoms with Crippen LogP contribution in [0.2, 0.25) is 0 Å². The number of rotatable bonds is 6. The lowest BCUT2D eigenvalue weighted by Crippen LogP contribution is -2.19. The number of allylic oxidation sites excluding steroid dienone is 1. The Morgan fingerprint density at radius 2 is 2.04 bits per heavy atom. The summed E-state index contributed by atoms with van der Waals surface area (Å²) in [5.41, 5.74) is 1.94. The van der Waals surface area contributed by atoms with Crippen LogP contribution in [0.5, 0.6) is 11.5 Å². The second-order valence-corrected chi connectivity index (χ2v) is 6.26. The smallest absolute Gasteiger partial charge is 0.231 e. The summed E-state index contributed by atoms with van der Waals surface area (Å²) in [5.74, 6) is 0.698. The van der Waals surface area contributed by atoms with Crippen LogP contribution in [0.3, 0.4) is 0 Å². The average Bonchev–Trinajstić information content (AvgIpc) is 2.93. The van der Waals surface area contributed by atoms with E-state index in [2.05, 4.69) is 16.8 Å². The minimum Gasteiger partial charge on any atom is -0.507 e. The summed E-state index contributed by atoms with van der Waals surface area (Å²) in [5, 5.41) is 10.3. The number of hydrogen-bond donors (Lipinski definition) is 1. The van der Waals surface area contributed by atoms with Gasteiger partial charge in [-0.3, -0.25) is 9.78 Å². The van der Waals surface area contributed by atoms with Crippen LogP contribution in [0.4, 0.5) is 0 Å². The Labute approximate surface area is 171 Å². The monoisotopic (exact) mass is 410 g/mol. The SMILES string of the molecule is CCCCN(C)Cc1c(O)ccc2c1O/C(=C\c1cccnc1)C2=O.Cl.Cl. The first kappa shape index (κ1) is 23.0. The molecule has 2 heterocycles. The van der Waals surface area contributed by atoms with Gasteiger partial charge in [0.2, 0.25) is 5.78 Å². The number of aromatic nitrogens is 1. The van der Waals surface area contributed by atoms with Gasteiger partial charge in [-0.2, -0.15) is 0 Å². The number of Topliss-reactive ketones (excluding diaryl/α,β-unsaturated/α-hetero) is 1. The Morgan fingerprint density at radius 1 is 1.26 bits per heavy atom. The van der Waals surface area contributed by atoms with Gasteiger partial charge in [0.25, 0.3) is 0 Å². The van der Waals surface area contributed by atoms with E-state index in [0.29, 0.717) is 23.4 Å². The van der Waals surface area contributed by atoms with E-state index >= 15 is 0 Å². The van der Waals surface area contributed by atoms with Gasteiger partial charge >= 0.3 is 0 Å². The van der Waals surface area contributed by atoms with Crippen LogP contribution in [0.25, 0.3) is 6.08 Å². The molecule has 3 rings (SSSR count). The molecule has 27 heavy (non-hydrogen) atoms. The molecule has 0 radical (unpaired) electrons. The van der Waals surface area contributed by atoms with E-state index < -0.39 is 0 Å². The molecular formula is C20H24Cl2N2O3. The summed E-state index contributed by atoms with van der Waals surface area (Å²) in [6.45, 7) is 3.59. The predicted molar refractivity (Wildman–Crippen MR) is 111 cm³/mol. The number of hydrogen-bond acceptors (Lipinski definition) is 5. The van der Waals surface area contributed by atoms with Crippen LogP contribution in [0.15, 0.2) is 42.4 Å². The van der Waals surface area contributed by atoms with Gasteiger partial charge < -0.3 is 14.7 Å². The molecule has 0 atom stereocenters. The van der Waals surface area contributed by atoms with Crippen LogP contribution >= 0.6 is 24.8 Å². The summed E-state index contributed by atoms with van der Waals surface area (Å²) in [4.78, 5) is 18.8. The van der Waals surface area contributed by atoms with E-state index in [1.165, 1.54) is 0 Å². The molecule has 0 aliphatic carbocycles. The lowest BCUT2D eigenvalue weighted by molar-refractivity contribution is 0.101. The first-order valence-electron chi connectivity index (χ1n) is 8.47. The second kappa shape index (κ2) is 10.3. The van der Waals surface area contributed by atoms with Crippen LogP contribution in [-0.4, -0.2) is 34.4 Å². The van der Waals surface area contributed by atoms with Crippen molar-refractivity contribution in [2.75, 3.05) is 13.6 Å². The Balaban J connectivity index is 0.00000182. The number of pyridine rings is 1. The third kappa shape index (κ3) is 5.22. The number of phenolic OH excluding ortho intramolecular Hbond substituents is 1. The van der Waals surface area contributed by atoms with E-state index in [1.807, 2.05) is 13.1 Å². The van der Waals surface area contributed by atoms with Gasteiger partial charge in [-0.1, -0.05) is 19.4 Å². The maximum absolute atomic E-state index is 12.6. The van der Waals surface area contributed by atoms with E-state index in [4.69, 9.17) is 4.74 Å². The van der Waals surface area contributed by atoms with Crippen molar-refractivity contribution in [2.24, 2.45) is 0 Å². The fourth-order valence-electron chi connectivity index (χ4n) is 2.84. The van der Waals surface area contributed by atoms with Crippen molar-refractivity contribution in [1.82, 2.24) is 9.88 Å². The summed E-state index contributed by atoms with van der Waals surface area (Å²) < 4.78 is 5.84. The van der Waals surface area contributed by atoms with Crippen molar-refractivity contribution in [2.45, 2.75) is 26.3 Å². The summed E-state index contributed by atoms with van der Waals surface area (Å²) >= 11 is 0. The number of benzene rings is 1. The van der Waals surface area contributed by atoms with E-state index in [1.54, 1.807) is 36.7 Å². The third-order valence-electron chi connectivity index (χ3n) is 4.22. The molecule has 5 nitrogen and oxygen atoms in total. The Kier molecular flexibility index (Phi) is 8.76. The molecule has 1 aromatic heterocycles. The maximum atomic E-state index is 12.6. The quantitative estimate of drug-likeness (QED) is 0.711. The van der Waals surface area contributed by atoms with Crippen molar-refractivity contribution in [3.8, 4) is 11.5 Å². The first-order chi connectivity index (χ1) is 12.1. The lowest BCUT2D eigenvalue weighted by Gasteiger charge is -2.18. The number of nitrogens with zero attached hydrogens (tertiary/aromatic N) is 2. The molecule has 0 unspecified atom stereocenters. The molecule has 1 N–H and O–H groups in total. The molecule has 146 valence electrons. The summed E-state index contributed by atoms with van der Waals surface area (Å²) in [6.07, 6.45) is 7.21. The number of carbonyl (C=O) groups is 1. The fraction of sp³-hybridized carbons (Fsp3) is 0.300. The summed E-state index contributed by atoms with van der Waals surface area (Å²) in [6, 6.07) is 6.85. The number of phenols is 1. The zero-order valence-electron chi connectivity index (χ0n) is 15.3. The third-order valence-corrected chi connectivity index (χ3v) is 4.22. The van der Waals surface area contributed by atoms with E-state index in [0.717, 1.165) is 24.9 Å². The second-order valence-electron chi connectivity index (χ2n) is 6.26. The van der Waals surface area contributed by atoms with Crippen LogP contribution in [0.1, 0.15) is 41.3 Å². The molecule has 0 saturated carbocycles. The van der Waals surface area contributed by atoms with Gasteiger partial charge in [0.05, 0.1) is 11.1 Å². The van der Waals surface area contributed by atoms with E-state index in [-0.39, 0.29) is 42.1 Å². The Morgan fingerprint density at radius 3 is 2.70 bits per heavy atom. The Hall–Kier alpha value is -2.08. The highest BCUT2D eigenvalue weighted by molar-refractivity contribution is 6.14. The predicted octanol–water partition coefficient (Wildman–Crippen LogP) is 4.48. The molecule has 0 saturated heterocycles. The van der Waals surface area contributed by atoms with Gasteiger partial charge in [0, 0.05) is 18.9 Å². The van der Waals surface area contributed by atoms with Crippen molar-refractivity contribution in [3.63, 3.8) is 0 Å². The van der Waals surface area contributed by atoms with Crippen molar-refractivity contribution < 1.29 is 14.6 Å². The highest BCUT2D eigenvalue weighted by Crippen LogP contribution is 2.40. The molecule has 0 amide bonds. The number of carbonyl (C=O) groups excluding carboxylic acids is 1. The summed E-state index contributed by atoms with van der Waals surface area (Å²) in [7, 11) is 2.00. The molecule has 2 aromatic rings. The first-order valence-corrected chi connectivity index (χ1v) is 8.47. The van der Waals surface area contributed by atoms with E-state index in [9.17, 15) is 9.90 Å². The molecule has 0 spiro atoms. The molecule has 1 aliphatic heterocycles. The largest absolute Gasteiger partial charge is 0.507 e. The van der Waals surface area contributed by atoms with Crippen molar-refractivity contribution in [3.05, 3.63) is 59.1 Å². The van der Waals surface area contributed by atoms with Crippen molar-refractivity contribution >= 4 is 36.7 Å². The van der Waals surface area contributed by atoms with Gasteiger partial charge in [-0.05, 0) is 49.9 Å². The number of aromatic hydroxyl groups is 1. The minimum atomic E-state index is -0.170. The normalized spacial score (nSPS) is 13.7. The van der Waals surface area contributed by atoms with Crippen molar-refractivity contribution in [1.29, 1.82) is 0 Å². The topological polar surface area (TPSA) is 62.7 Å².